The molecular formula is C22H24N6O2. The van der Waals surface area contributed by atoms with Crippen molar-refractivity contribution >= 4 is 23.2 Å². The summed E-state index contributed by atoms with van der Waals surface area (Å²) in [6.07, 6.45) is 2.74. The van der Waals surface area contributed by atoms with Gasteiger partial charge in [-0.1, -0.05) is 24.3 Å². The molecule has 0 saturated heterocycles. The Morgan fingerprint density at radius 1 is 0.700 bits per heavy atom. The molecule has 3 rings (SSSR count). The lowest BCUT2D eigenvalue weighted by molar-refractivity contribution is 0.102. The molecular weight excluding hydrogens is 380 g/mol. The van der Waals surface area contributed by atoms with E-state index in [2.05, 4.69) is 20.6 Å². The first-order valence-electron chi connectivity index (χ1n) is 9.62. The van der Waals surface area contributed by atoms with Crippen molar-refractivity contribution in [2.24, 2.45) is 11.5 Å². The van der Waals surface area contributed by atoms with E-state index in [1.807, 2.05) is 24.3 Å². The number of benzene rings is 2. The van der Waals surface area contributed by atoms with Crippen LogP contribution in [0.25, 0.3) is 0 Å². The van der Waals surface area contributed by atoms with Crippen LogP contribution < -0.4 is 22.1 Å². The van der Waals surface area contributed by atoms with Gasteiger partial charge in [0.05, 0.1) is 0 Å². The second-order valence-electron chi connectivity index (χ2n) is 6.67. The maximum atomic E-state index is 12.5. The number of carbonyl (C=O) groups excluding carboxylic acids is 2. The standard InChI is InChI=1S/C22H24N6O2/c23-11-9-15-1-5-17(6-2-15)27-21(29)19-13-20(26-14-25-19)22(30)28-18-7-3-16(4-8-18)10-12-24/h1-8,13-14H,9-12,23-24H2,(H,27,29)(H,28,30). The van der Waals surface area contributed by atoms with Crippen molar-refractivity contribution in [1.29, 1.82) is 0 Å². The van der Waals surface area contributed by atoms with E-state index in [4.69, 9.17) is 11.5 Å². The molecule has 0 aliphatic carbocycles. The fourth-order valence-corrected chi connectivity index (χ4v) is 2.84. The van der Waals surface area contributed by atoms with Crippen LogP contribution in [0, 0.1) is 0 Å². The van der Waals surface area contributed by atoms with Gasteiger partial charge in [-0.2, -0.15) is 0 Å². The summed E-state index contributed by atoms with van der Waals surface area (Å²) >= 11 is 0. The molecule has 1 aromatic heterocycles. The molecule has 0 fully saturated rings. The predicted octanol–water partition coefficient (Wildman–Crippen LogP) is 1.98. The van der Waals surface area contributed by atoms with Crippen molar-refractivity contribution in [3.63, 3.8) is 0 Å². The summed E-state index contributed by atoms with van der Waals surface area (Å²) in [5, 5.41) is 5.52. The van der Waals surface area contributed by atoms with E-state index in [1.54, 1.807) is 24.3 Å². The van der Waals surface area contributed by atoms with Crippen LogP contribution >= 0.6 is 0 Å². The molecule has 8 heteroatoms. The molecule has 0 bridgehead atoms. The number of rotatable bonds is 8. The number of hydrogen-bond acceptors (Lipinski definition) is 6. The average Bonchev–Trinajstić information content (AvgIpc) is 2.77. The highest BCUT2D eigenvalue weighted by Gasteiger charge is 2.14. The van der Waals surface area contributed by atoms with Gasteiger partial charge in [-0.15, -0.1) is 0 Å². The molecule has 0 aliphatic rings. The quantitative estimate of drug-likeness (QED) is 0.453. The summed E-state index contributed by atoms with van der Waals surface area (Å²) in [7, 11) is 0. The Bertz CT molecular complexity index is 924. The Kier molecular flexibility index (Phi) is 7.20. The van der Waals surface area contributed by atoms with Crippen molar-refractivity contribution in [1.82, 2.24) is 9.97 Å². The number of carbonyl (C=O) groups is 2. The van der Waals surface area contributed by atoms with Crippen LogP contribution in [0.1, 0.15) is 32.1 Å². The van der Waals surface area contributed by atoms with Gasteiger partial charge < -0.3 is 22.1 Å². The number of nitrogens with two attached hydrogens (primary N) is 2. The molecule has 30 heavy (non-hydrogen) atoms. The predicted molar refractivity (Wildman–Crippen MR) is 116 cm³/mol. The highest BCUT2D eigenvalue weighted by Crippen LogP contribution is 2.13. The maximum absolute atomic E-state index is 12.5. The number of anilines is 2. The molecule has 3 aromatic rings. The van der Waals surface area contributed by atoms with Gasteiger partial charge in [-0.3, -0.25) is 9.59 Å². The minimum absolute atomic E-state index is 0.0967. The largest absolute Gasteiger partial charge is 0.330 e. The summed E-state index contributed by atoms with van der Waals surface area (Å²) in [5.74, 6) is -0.853. The van der Waals surface area contributed by atoms with Gasteiger partial charge in [0, 0.05) is 17.4 Å². The van der Waals surface area contributed by atoms with Gasteiger partial charge >= 0.3 is 0 Å². The SMILES string of the molecule is NCCc1ccc(NC(=O)c2cc(C(=O)Nc3ccc(CCN)cc3)ncn2)cc1. The van der Waals surface area contributed by atoms with E-state index in [-0.39, 0.29) is 11.4 Å². The zero-order valence-electron chi connectivity index (χ0n) is 16.5. The third-order valence-electron chi connectivity index (χ3n) is 4.42. The number of amides is 2. The minimum atomic E-state index is -0.427. The lowest BCUT2D eigenvalue weighted by Gasteiger charge is -2.08. The number of aromatic nitrogens is 2. The van der Waals surface area contributed by atoms with Crippen molar-refractivity contribution in [3.8, 4) is 0 Å². The van der Waals surface area contributed by atoms with E-state index >= 15 is 0 Å². The van der Waals surface area contributed by atoms with Gasteiger partial charge in [0.25, 0.3) is 11.8 Å². The molecule has 0 radical (unpaired) electrons. The molecule has 0 atom stereocenters. The van der Waals surface area contributed by atoms with E-state index in [1.165, 1.54) is 12.4 Å². The summed E-state index contributed by atoms with van der Waals surface area (Å²) in [4.78, 5) is 32.9. The fourth-order valence-electron chi connectivity index (χ4n) is 2.84. The van der Waals surface area contributed by atoms with Crippen LogP contribution in [0.2, 0.25) is 0 Å². The fraction of sp³-hybridized carbons (Fsp3) is 0.182. The Hall–Kier alpha value is -3.62. The van der Waals surface area contributed by atoms with E-state index in [0.29, 0.717) is 24.5 Å². The highest BCUT2D eigenvalue weighted by molar-refractivity contribution is 6.06. The van der Waals surface area contributed by atoms with Crippen LogP contribution in [0.15, 0.2) is 60.9 Å². The third kappa shape index (κ3) is 5.69. The first-order valence-corrected chi connectivity index (χ1v) is 9.62. The van der Waals surface area contributed by atoms with Crippen LogP contribution in [0.3, 0.4) is 0 Å². The Balaban J connectivity index is 1.65. The summed E-state index contributed by atoms with van der Waals surface area (Å²) in [6, 6.07) is 16.2. The first-order chi connectivity index (χ1) is 14.6. The first kappa shape index (κ1) is 21.1. The zero-order valence-corrected chi connectivity index (χ0v) is 16.5. The highest BCUT2D eigenvalue weighted by atomic mass is 16.2. The van der Waals surface area contributed by atoms with Crippen LogP contribution in [-0.4, -0.2) is 34.9 Å². The maximum Gasteiger partial charge on any atom is 0.274 e. The van der Waals surface area contributed by atoms with Gasteiger partial charge in [0.1, 0.15) is 17.7 Å². The van der Waals surface area contributed by atoms with Crippen LogP contribution in [-0.2, 0) is 12.8 Å². The Labute approximate surface area is 174 Å². The summed E-state index contributed by atoms with van der Waals surface area (Å²) < 4.78 is 0. The van der Waals surface area contributed by atoms with E-state index in [0.717, 1.165) is 24.0 Å². The molecule has 0 aliphatic heterocycles. The lowest BCUT2D eigenvalue weighted by Crippen LogP contribution is -2.18. The van der Waals surface area contributed by atoms with Crippen molar-refractivity contribution in [3.05, 3.63) is 83.4 Å². The second kappa shape index (κ2) is 10.2. The molecule has 2 amide bonds. The van der Waals surface area contributed by atoms with Crippen molar-refractivity contribution in [2.45, 2.75) is 12.8 Å². The van der Waals surface area contributed by atoms with E-state index < -0.39 is 11.8 Å². The molecule has 0 unspecified atom stereocenters. The van der Waals surface area contributed by atoms with Gasteiger partial charge in [-0.25, -0.2) is 9.97 Å². The van der Waals surface area contributed by atoms with Crippen LogP contribution in [0.5, 0.6) is 0 Å². The molecule has 0 saturated carbocycles. The Morgan fingerprint density at radius 2 is 1.10 bits per heavy atom. The molecule has 6 N–H and O–H groups in total. The molecule has 2 aromatic carbocycles. The van der Waals surface area contributed by atoms with Gasteiger partial charge in [0.2, 0.25) is 0 Å². The smallest absolute Gasteiger partial charge is 0.274 e. The summed E-state index contributed by atoms with van der Waals surface area (Å²) in [6.45, 7) is 1.13. The van der Waals surface area contributed by atoms with Gasteiger partial charge in [0.15, 0.2) is 0 Å². The monoisotopic (exact) mass is 404 g/mol. The molecule has 0 spiro atoms. The lowest BCUT2D eigenvalue weighted by atomic mass is 10.1. The summed E-state index contributed by atoms with van der Waals surface area (Å²) in [5.41, 5.74) is 14.7. The molecule has 1 heterocycles. The number of nitrogens with one attached hydrogen (secondary N) is 2. The van der Waals surface area contributed by atoms with Crippen molar-refractivity contribution in [2.75, 3.05) is 23.7 Å². The molecule has 154 valence electrons. The normalized spacial score (nSPS) is 10.5. The van der Waals surface area contributed by atoms with Crippen molar-refractivity contribution < 1.29 is 9.59 Å². The minimum Gasteiger partial charge on any atom is -0.330 e. The topological polar surface area (TPSA) is 136 Å². The number of nitrogens with zero attached hydrogens (tertiary/aromatic N) is 2. The Morgan fingerprint density at radius 3 is 1.47 bits per heavy atom. The van der Waals surface area contributed by atoms with Gasteiger partial charge in [-0.05, 0) is 61.3 Å². The van der Waals surface area contributed by atoms with E-state index in [9.17, 15) is 9.59 Å². The number of hydrogen-bond donors (Lipinski definition) is 4. The van der Waals surface area contributed by atoms with Crippen LogP contribution in [0.4, 0.5) is 11.4 Å². The zero-order chi connectivity index (χ0) is 21.3. The molecule has 8 nitrogen and oxygen atoms in total. The second-order valence-corrected chi connectivity index (χ2v) is 6.67. The average molecular weight is 404 g/mol. The third-order valence-corrected chi connectivity index (χ3v) is 4.42.